The lowest BCUT2D eigenvalue weighted by Crippen LogP contribution is -2.23. The molecular weight excluding hydrogens is 331 g/mol. The van der Waals surface area contributed by atoms with E-state index in [-0.39, 0.29) is 5.82 Å². The summed E-state index contributed by atoms with van der Waals surface area (Å²) >= 11 is 3.45. The van der Waals surface area contributed by atoms with Crippen molar-refractivity contribution in [3.8, 4) is 0 Å². The van der Waals surface area contributed by atoms with E-state index < -0.39 is 0 Å². The second-order valence-electron chi connectivity index (χ2n) is 5.17. The topological polar surface area (TPSA) is 24.9 Å². The summed E-state index contributed by atoms with van der Waals surface area (Å²) in [5.74, 6) is 0.122. The van der Waals surface area contributed by atoms with Gasteiger partial charge in [0.2, 0.25) is 0 Å². The van der Waals surface area contributed by atoms with Gasteiger partial charge in [0, 0.05) is 29.3 Å². The van der Waals surface area contributed by atoms with Gasteiger partial charge in [-0.1, -0.05) is 19.1 Å². The van der Waals surface area contributed by atoms with Crippen molar-refractivity contribution in [1.29, 1.82) is 0 Å². The van der Waals surface area contributed by atoms with Gasteiger partial charge in [0.05, 0.1) is 0 Å². The third-order valence-corrected chi connectivity index (χ3v) is 3.84. The number of hydrogen-bond acceptors (Lipinski definition) is 2. The molecule has 0 aliphatic rings. The number of halogens is 2. The molecule has 1 atom stereocenters. The Bertz CT molecular complexity index is 557. The highest BCUT2D eigenvalue weighted by Gasteiger charge is 2.13. The summed E-state index contributed by atoms with van der Waals surface area (Å²) in [6.07, 6.45) is 5.66. The SMILES string of the molecule is CCCNCC(Cc1cncc(Br)c1)c1ccc(F)cc1. The lowest BCUT2D eigenvalue weighted by Gasteiger charge is -2.18. The van der Waals surface area contributed by atoms with E-state index in [1.807, 2.05) is 18.3 Å². The quantitative estimate of drug-likeness (QED) is 0.752. The predicted octanol–water partition coefficient (Wildman–Crippen LogP) is 4.31. The summed E-state index contributed by atoms with van der Waals surface area (Å²) in [7, 11) is 0. The lowest BCUT2D eigenvalue weighted by molar-refractivity contribution is 0.573. The van der Waals surface area contributed by atoms with E-state index in [9.17, 15) is 4.39 Å². The van der Waals surface area contributed by atoms with Crippen LogP contribution in [0, 0.1) is 5.82 Å². The number of pyridine rings is 1. The molecule has 2 nitrogen and oxygen atoms in total. The Kier molecular flexibility index (Phi) is 6.33. The first kappa shape index (κ1) is 16.1. The number of rotatable bonds is 7. The molecule has 0 aliphatic carbocycles. The Hall–Kier alpha value is -1.26. The van der Waals surface area contributed by atoms with Crippen LogP contribution in [-0.4, -0.2) is 18.1 Å². The van der Waals surface area contributed by atoms with E-state index in [4.69, 9.17) is 0 Å². The molecule has 0 bridgehead atoms. The molecule has 0 aliphatic heterocycles. The fourth-order valence-electron chi connectivity index (χ4n) is 2.35. The van der Waals surface area contributed by atoms with E-state index in [0.717, 1.165) is 36.0 Å². The molecule has 1 aromatic carbocycles. The van der Waals surface area contributed by atoms with Crippen molar-refractivity contribution in [2.45, 2.75) is 25.7 Å². The third kappa shape index (κ3) is 5.21. The van der Waals surface area contributed by atoms with Gasteiger partial charge < -0.3 is 5.32 Å². The molecule has 0 spiro atoms. The van der Waals surface area contributed by atoms with Crippen molar-refractivity contribution >= 4 is 15.9 Å². The number of hydrogen-bond donors (Lipinski definition) is 1. The van der Waals surface area contributed by atoms with Crippen LogP contribution in [0.3, 0.4) is 0 Å². The highest BCUT2D eigenvalue weighted by Crippen LogP contribution is 2.22. The standard InChI is InChI=1S/C17H20BrFN2/c1-2-7-20-11-15(14-3-5-17(19)6-4-14)8-13-9-16(18)12-21-10-13/h3-6,9-10,12,15,20H,2,7-8,11H2,1H3. The molecule has 21 heavy (non-hydrogen) atoms. The molecule has 0 saturated carbocycles. The normalized spacial score (nSPS) is 12.3. The fraction of sp³-hybridized carbons (Fsp3) is 0.353. The molecule has 0 saturated heterocycles. The first-order valence-corrected chi connectivity index (χ1v) is 8.04. The number of nitrogens with one attached hydrogen (secondary N) is 1. The van der Waals surface area contributed by atoms with Crippen molar-refractivity contribution in [1.82, 2.24) is 10.3 Å². The highest BCUT2D eigenvalue weighted by molar-refractivity contribution is 9.10. The van der Waals surface area contributed by atoms with Gasteiger partial charge in [0.1, 0.15) is 5.82 Å². The molecule has 1 aromatic heterocycles. The van der Waals surface area contributed by atoms with Gasteiger partial charge in [-0.2, -0.15) is 0 Å². The number of benzene rings is 1. The fourth-order valence-corrected chi connectivity index (χ4v) is 2.76. The summed E-state index contributed by atoms with van der Waals surface area (Å²) < 4.78 is 14.1. The Morgan fingerprint density at radius 1 is 1.24 bits per heavy atom. The van der Waals surface area contributed by atoms with E-state index in [2.05, 4.69) is 39.2 Å². The lowest BCUT2D eigenvalue weighted by atomic mass is 9.92. The van der Waals surface area contributed by atoms with Crippen LogP contribution in [0.5, 0.6) is 0 Å². The number of nitrogens with zero attached hydrogens (tertiary/aromatic N) is 1. The largest absolute Gasteiger partial charge is 0.316 e. The van der Waals surface area contributed by atoms with Crippen LogP contribution in [0.4, 0.5) is 4.39 Å². The Morgan fingerprint density at radius 2 is 2.00 bits per heavy atom. The van der Waals surface area contributed by atoms with E-state index in [1.165, 1.54) is 17.7 Å². The average Bonchev–Trinajstić information content (AvgIpc) is 2.47. The summed E-state index contributed by atoms with van der Waals surface area (Å²) in [5.41, 5.74) is 2.33. The van der Waals surface area contributed by atoms with Gasteiger partial charge in [-0.3, -0.25) is 4.98 Å². The van der Waals surface area contributed by atoms with Gasteiger partial charge in [0.25, 0.3) is 0 Å². The molecule has 0 amide bonds. The predicted molar refractivity (Wildman–Crippen MR) is 87.9 cm³/mol. The summed E-state index contributed by atoms with van der Waals surface area (Å²) in [6, 6.07) is 8.89. The van der Waals surface area contributed by atoms with Crippen molar-refractivity contribution in [2.24, 2.45) is 0 Å². The van der Waals surface area contributed by atoms with E-state index >= 15 is 0 Å². The van der Waals surface area contributed by atoms with Gasteiger partial charge in [0.15, 0.2) is 0 Å². The molecule has 2 rings (SSSR count). The second kappa shape index (κ2) is 8.25. The molecule has 1 N–H and O–H groups in total. The molecule has 0 radical (unpaired) electrons. The van der Waals surface area contributed by atoms with Crippen molar-refractivity contribution < 1.29 is 4.39 Å². The molecule has 112 valence electrons. The maximum absolute atomic E-state index is 13.1. The van der Waals surface area contributed by atoms with Crippen LogP contribution in [0.25, 0.3) is 0 Å². The Balaban J connectivity index is 2.13. The Morgan fingerprint density at radius 3 is 2.67 bits per heavy atom. The van der Waals surface area contributed by atoms with Crippen LogP contribution >= 0.6 is 15.9 Å². The first-order valence-electron chi connectivity index (χ1n) is 7.24. The smallest absolute Gasteiger partial charge is 0.123 e. The molecule has 0 fully saturated rings. The minimum Gasteiger partial charge on any atom is -0.316 e. The minimum atomic E-state index is -0.192. The van der Waals surface area contributed by atoms with Crippen LogP contribution in [0.2, 0.25) is 0 Å². The Labute approximate surface area is 133 Å². The minimum absolute atomic E-state index is 0.192. The number of aromatic nitrogens is 1. The zero-order valence-electron chi connectivity index (χ0n) is 12.2. The summed E-state index contributed by atoms with van der Waals surface area (Å²) in [6.45, 7) is 4.03. The van der Waals surface area contributed by atoms with Crippen LogP contribution in [0.1, 0.15) is 30.4 Å². The molecular formula is C17H20BrFN2. The first-order chi connectivity index (χ1) is 10.2. The third-order valence-electron chi connectivity index (χ3n) is 3.40. The van der Waals surface area contributed by atoms with Crippen molar-refractivity contribution in [3.63, 3.8) is 0 Å². The van der Waals surface area contributed by atoms with E-state index in [0.29, 0.717) is 5.92 Å². The molecule has 4 heteroatoms. The average molecular weight is 351 g/mol. The van der Waals surface area contributed by atoms with Crippen LogP contribution < -0.4 is 5.32 Å². The zero-order valence-corrected chi connectivity index (χ0v) is 13.7. The van der Waals surface area contributed by atoms with Gasteiger partial charge >= 0.3 is 0 Å². The maximum Gasteiger partial charge on any atom is 0.123 e. The molecule has 2 aromatic rings. The van der Waals surface area contributed by atoms with Crippen LogP contribution in [0.15, 0.2) is 47.2 Å². The summed E-state index contributed by atoms with van der Waals surface area (Å²) in [4.78, 5) is 4.21. The molecule has 1 heterocycles. The maximum atomic E-state index is 13.1. The summed E-state index contributed by atoms with van der Waals surface area (Å²) in [5, 5.41) is 3.46. The van der Waals surface area contributed by atoms with Crippen molar-refractivity contribution in [2.75, 3.05) is 13.1 Å². The van der Waals surface area contributed by atoms with E-state index in [1.54, 1.807) is 6.20 Å². The monoisotopic (exact) mass is 350 g/mol. The molecule has 1 unspecified atom stereocenters. The zero-order chi connectivity index (χ0) is 15.1. The van der Waals surface area contributed by atoms with Crippen LogP contribution in [-0.2, 0) is 6.42 Å². The van der Waals surface area contributed by atoms with Crippen molar-refractivity contribution in [3.05, 3.63) is 64.1 Å². The van der Waals surface area contributed by atoms with Gasteiger partial charge in [-0.05, 0) is 64.6 Å². The highest BCUT2D eigenvalue weighted by atomic mass is 79.9. The van der Waals surface area contributed by atoms with Gasteiger partial charge in [-0.25, -0.2) is 4.39 Å². The van der Waals surface area contributed by atoms with Gasteiger partial charge in [-0.15, -0.1) is 0 Å². The second-order valence-corrected chi connectivity index (χ2v) is 6.08.